The average Bonchev–Trinajstić information content (AvgIpc) is 3.37. The Morgan fingerprint density at radius 2 is 1.72 bits per heavy atom. The van der Waals surface area contributed by atoms with Crippen LogP contribution < -0.4 is 4.90 Å². The lowest BCUT2D eigenvalue weighted by molar-refractivity contribution is 0.122. The van der Waals surface area contributed by atoms with Crippen LogP contribution in [0.25, 0.3) is 22.6 Å². The Balaban J connectivity index is 1.26. The molecule has 0 atom stereocenters. The van der Waals surface area contributed by atoms with Gasteiger partial charge < -0.3 is 24.2 Å². The molecule has 2 saturated heterocycles. The average molecular weight is 485 g/mol. The number of morpholine rings is 1. The van der Waals surface area contributed by atoms with Gasteiger partial charge in [0.2, 0.25) is 0 Å². The van der Waals surface area contributed by atoms with E-state index in [4.69, 9.17) is 19.7 Å². The number of phenols is 1. The van der Waals surface area contributed by atoms with Gasteiger partial charge in [-0.3, -0.25) is 0 Å². The smallest absolute Gasteiger partial charge is 0.166 e. The Morgan fingerprint density at radius 1 is 0.917 bits per heavy atom. The van der Waals surface area contributed by atoms with Crippen LogP contribution in [0.5, 0.6) is 5.75 Å². The summed E-state index contributed by atoms with van der Waals surface area (Å²) in [5, 5.41) is 10.1. The quantitative estimate of drug-likeness (QED) is 0.444. The Bertz CT molecular complexity index is 1310. The first-order valence-electron chi connectivity index (χ1n) is 12.9. The molecule has 0 spiro atoms. The zero-order valence-corrected chi connectivity index (χ0v) is 20.5. The Kier molecular flexibility index (Phi) is 6.53. The number of aromatic nitrogens is 4. The summed E-state index contributed by atoms with van der Waals surface area (Å²) >= 11 is 0. The molecule has 4 aromatic rings. The van der Waals surface area contributed by atoms with Gasteiger partial charge >= 0.3 is 0 Å². The Labute approximate surface area is 211 Å². The van der Waals surface area contributed by atoms with E-state index in [0.717, 1.165) is 74.5 Å². The van der Waals surface area contributed by atoms with Gasteiger partial charge in [0.1, 0.15) is 5.75 Å². The lowest BCUT2D eigenvalue weighted by Gasteiger charge is -2.32. The molecule has 0 radical (unpaired) electrons. The molecule has 0 bridgehead atoms. The van der Waals surface area contributed by atoms with Crippen LogP contribution in [0.4, 0.5) is 5.82 Å². The van der Waals surface area contributed by atoms with Gasteiger partial charge in [-0.05, 0) is 37.0 Å². The van der Waals surface area contributed by atoms with Crippen molar-refractivity contribution in [2.24, 2.45) is 0 Å². The molecule has 0 aliphatic carbocycles. The van der Waals surface area contributed by atoms with Crippen molar-refractivity contribution in [3.8, 4) is 17.1 Å². The van der Waals surface area contributed by atoms with Crippen LogP contribution in [0.1, 0.15) is 24.4 Å². The first-order valence-corrected chi connectivity index (χ1v) is 12.9. The van der Waals surface area contributed by atoms with Crippen LogP contribution in [-0.4, -0.2) is 75.5 Å². The van der Waals surface area contributed by atoms with E-state index in [0.29, 0.717) is 25.1 Å². The van der Waals surface area contributed by atoms with Crippen LogP contribution in [0.15, 0.2) is 60.9 Å². The van der Waals surface area contributed by atoms with Crippen molar-refractivity contribution in [3.05, 3.63) is 66.5 Å². The van der Waals surface area contributed by atoms with E-state index < -0.39 is 0 Å². The van der Waals surface area contributed by atoms with Crippen LogP contribution in [-0.2, 0) is 11.2 Å². The van der Waals surface area contributed by atoms with Crippen molar-refractivity contribution in [3.63, 3.8) is 0 Å². The number of hydrogen-bond donors (Lipinski definition) is 1. The first-order chi connectivity index (χ1) is 17.7. The van der Waals surface area contributed by atoms with Crippen molar-refractivity contribution in [2.45, 2.75) is 25.3 Å². The Hall–Kier alpha value is -3.49. The number of likely N-dealkylation sites (tertiary alicyclic amines) is 1. The predicted octanol–water partition coefficient (Wildman–Crippen LogP) is 3.92. The molecular formula is C28H32N6O2. The maximum absolute atomic E-state index is 10.1. The van der Waals surface area contributed by atoms with Gasteiger partial charge in [-0.25, -0.2) is 15.0 Å². The molecule has 4 heterocycles. The largest absolute Gasteiger partial charge is 0.508 e. The lowest BCUT2D eigenvalue weighted by atomic mass is 10.0. The normalized spacial score (nSPS) is 17.6. The van der Waals surface area contributed by atoms with Gasteiger partial charge in [0.15, 0.2) is 22.8 Å². The van der Waals surface area contributed by atoms with E-state index in [9.17, 15) is 5.11 Å². The molecule has 0 amide bonds. The first kappa shape index (κ1) is 22.9. The van der Waals surface area contributed by atoms with Gasteiger partial charge in [-0.1, -0.05) is 42.5 Å². The highest BCUT2D eigenvalue weighted by Crippen LogP contribution is 2.32. The number of phenolic OH excluding ortho intramolecular Hbond substituents is 1. The SMILES string of the molecule is Oc1cccc(-c2nc(N3CCOCC3)c3ncn(C4CCN(CCc5ccccc5)CC4)c3n2)c1. The molecular weight excluding hydrogens is 452 g/mol. The van der Waals surface area contributed by atoms with Crippen LogP contribution >= 0.6 is 0 Å². The van der Waals surface area contributed by atoms with Gasteiger partial charge in [0, 0.05) is 44.3 Å². The summed E-state index contributed by atoms with van der Waals surface area (Å²) in [5.41, 5.74) is 3.90. The third kappa shape index (κ3) is 4.79. The predicted molar refractivity (Wildman–Crippen MR) is 140 cm³/mol. The summed E-state index contributed by atoms with van der Waals surface area (Å²) in [5.74, 6) is 1.67. The van der Waals surface area contributed by atoms with E-state index in [1.807, 2.05) is 18.5 Å². The second-order valence-corrected chi connectivity index (χ2v) is 9.65. The highest BCUT2D eigenvalue weighted by molar-refractivity contribution is 5.86. The maximum atomic E-state index is 10.1. The van der Waals surface area contributed by atoms with Crippen molar-refractivity contribution < 1.29 is 9.84 Å². The minimum Gasteiger partial charge on any atom is -0.508 e. The van der Waals surface area contributed by atoms with Gasteiger partial charge in [0.25, 0.3) is 0 Å². The third-order valence-electron chi connectivity index (χ3n) is 7.33. The summed E-state index contributed by atoms with van der Waals surface area (Å²) in [6, 6.07) is 18.2. The highest BCUT2D eigenvalue weighted by atomic mass is 16.5. The fourth-order valence-electron chi connectivity index (χ4n) is 5.29. The van der Waals surface area contributed by atoms with Crippen molar-refractivity contribution in [2.75, 3.05) is 50.8 Å². The number of fused-ring (bicyclic) bond motifs is 1. The standard InChI is InChI=1S/C28H32N6O2/c35-24-8-4-7-22(19-24)26-30-27(33-15-17-36-18-16-33)25-28(31-26)34(20-29-25)23-10-13-32(14-11-23)12-9-21-5-2-1-3-6-21/h1-8,19-20,23,35H,9-18H2. The molecule has 0 saturated carbocycles. The zero-order chi connectivity index (χ0) is 24.3. The number of imidazole rings is 1. The fraction of sp³-hybridized carbons (Fsp3) is 0.393. The zero-order valence-electron chi connectivity index (χ0n) is 20.5. The summed E-state index contributed by atoms with van der Waals surface area (Å²) in [6.07, 6.45) is 5.17. The molecule has 8 heteroatoms. The van der Waals surface area contributed by atoms with Crippen molar-refractivity contribution >= 4 is 17.0 Å². The molecule has 2 aromatic heterocycles. The van der Waals surface area contributed by atoms with Gasteiger partial charge in [-0.2, -0.15) is 0 Å². The molecule has 186 valence electrons. The number of ether oxygens (including phenoxy) is 1. The third-order valence-corrected chi connectivity index (χ3v) is 7.33. The van der Waals surface area contributed by atoms with Gasteiger partial charge in [-0.15, -0.1) is 0 Å². The number of aromatic hydroxyl groups is 1. The lowest BCUT2D eigenvalue weighted by Crippen LogP contribution is -2.37. The summed E-state index contributed by atoms with van der Waals surface area (Å²) in [6.45, 7) is 6.13. The number of rotatable bonds is 6. The Morgan fingerprint density at radius 3 is 2.50 bits per heavy atom. The monoisotopic (exact) mass is 484 g/mol. The second-order valence-electron chi connectivity index (χ2n) is 9.65. The summed E-state index contributed by atoms with van der Waals surface area (Å²) in [7, 11) is 0. The number of nitrogens with zero attached hydrogens (tertiary/aromatic N) is 6. The topological polar surface area (TPSA) is 79.5 Å². The van der Waals surface area contributed by atoms with Gasteiger partial charge in [0.05, 0.1) is 19.5 Å². The van der Waals surface area contributed by atoms with E-state index in [1.165, 1.54) is 5.56 Å². The highest BCUT2D eigenvalue weighted by Gasteiger charge is 2.26. The van der Waals surface area contributed by atoms with Crippen LogP contribution in [0.2, 0.25) is 0 Å². The summed E-state index contributed by atoms with van der Waals surface area (Å²) in [4.78, 5) is 19.5. The molecule has 2 aromatic carbocycles. The van der Waals surface area contributed by atoms with Crippen LogP contribution in [0, 0.1) is 0 Å². The van der Waals surface area contributed by atoms with E-state index >= 15 is 0 Å². The van der Waals surface area contributed by atoms with E-state index in [2.05, 4.69) is 44.7 Å². The van der Waals surface area contributed by atoms with Crippen molar-refractivity contribution in [1.29, 1.82) is 0 Å². The minimum absolute atomic E-state index is 0.209. The van der Waals surface area contributed by atoms with Crippen molar-refractivity contribution in [1.82, 2.24) is 24.4 Å². The number of piperidine rings is 1. The molecule has 6 rings (SSSR count). The number of anilines is 1. The second kappa shape index (κ2) is 10.2. The maximum Gasteiger partial charge on any atom is 0.166 e. The molecule has 2 aliphatic heterocycles. The minimum atomic E-state index is 0.209. The summed E-state index contributed by atoms with van der Waals surface area (Å²) < 4.78 is 7.83. The molecule has 8 nitrogen and oxygen atoms in total. The fourth-order valence-corrected chi connectivity index (χ4v) is 5.29. The molecule has 0 unspecified atom stereocenters. The molecule has 36 heavy (non-hydrogen) atoms. The molecule has 2 aliphatic rings. The van der Waals surface area contributed by atoms with E-state index in [1.54, 1.807) is 12.1 Å². The number of hydrogen-bond acceptors (Lipinski definition) is 7. The van der Waals surface area contributed by atoms with E-state index in [-0.39, 0.29) is 5.75 Å². The molecule has 1 N–H and O–H groups in total. The number of benzene rings is 2. The van der Waals surface area contributed by atoms with Crippen LogP contribution in [0.3, 0.4) is 0 Å². The molecule has 2 fully saturated rings.